The molecule has 17 heavy (non-hydrogen) atoms. The molecule has 0 atom stereocenters. The van der Waals surface area contributed by atoms with E-state index in [1.54, 1.807) is 0 Å². The highest BCUT2D eigenvalue weighted by atomic mass is 19.1. The Labute approximate surface area is 94.6 Å². The largest absolute Gasteiger partial charge is 0.491 e. The van der Waals surface area contributed by atoms with Crippen LogP contribution in [0.2, 0.25) is 0 Å². The molecule has 0 fully saturated rings. The summed E-state index contributed by atoms with van der Waals surface area (Å²) in [5, 5.41) is 6.38. The number of nitrogens with two attached hydrogens (primary N) is 2. The summed E-state index contributed by atoms with van der Waals surface area (Å²) in [5.74, 6) is -4.61. The van der Waals surface area contributed by atoms with Crippen molar-refractivity contribution in [2.24, 2.45) is 21.7 Å². The first kappa shape index (κ1) is 12.8. The lowest BCUT2D eigenvalue weighted by Crippen LogP contribution is -2.21. The second-order valence-corrected chi connectivity index (χ2v) is 2.87. The molecule has 0 unspecified atom stereocenters. The molecular weight excluding hydrogens is 237 g/mol. The Hall–Kier alpha value is -2.25. The fourth-order valence-corrected chi connectivity index (χ4v) is 1.05. The SMILES string of the molecule is COc1c(F)cc(F)c(C=NN=C(N)N)c1F. The fourth-order valence-electron chi connectivity index (χ4n) is 1.05. The van der Waals surface area contributed by atoms with Crippen LogP contribution in [-0.2, 0) is 0 Å². The van der Waals surface area contributed by atoms with Crippen LogP contribution in [0.15, 0.2) is 16.3 Å². The third-order valence-electron chi connectivity index (χ3n) is 1.73. The van der Waals surface area contributed by atoms with Crippen LogP contribution in [0.1, 0.15) is 5.56 Å². The van der Waals surface area contributed by atoms with Crippen molar-refractivity contribution in [1.29, 1.82) is 0 Å². The van der Waals surface area contributed by atoms with Gasteiger partial charge in [0.15, 0.2) is 17.4 Å². The highest BCUT2D eigenvalue weighted by Gasteiger charge is 2.18. The molecule has 0 spiro atoms. The van der Waals surface area contributed by atoms with Crippen LogP contribution >= 0.6 is 0 Å². The number of hydrogen-bond donors (Lipinski definition) is 2. The van der Waals surface area contributed by atoms with Crippen molar-refractivity contribution >= 4 is 12.2 Å². The van der Waals surface area contributed by atoms with E-state index in [0.717, 1.165) is 7.11 Å². The zero-order chi connectivity index (χ0) is 13.0. The minimum atomic E-state index is -1.22. The number of guanidine groups is 1. The molecule has 0 bridgehead atoms. The first-order chi connectivity index (χ1) is 7.97. The Morgan fingerprint density at radius 2 is 1.94 bits per heavy atom. The summed E-state index contributed by atoms with van der Waals surface area (Å²) in [4.78, 5) is 0. The summed E-state index contributed by atoms with van der Waals surface area (Å²) in [6.45, 7) is 0. The average molecular weight is 246 g/mol. The van der Waals surface area contributed by atoms with Gasteiger partial charge in [0.2, 0.25) is 5.96 Å². The first-order valence-electron chi connectivity index (χ1n) is 4.30. The Morgan fingerprint density at radius 3 is 2.47 bits per heavy atom. The van der Waals surface area contributed by atoms with Crippen molar-refractivity contribution in [3.05, 3.63) is 29.1 Å². The maximum Gasteiger partial charge on any atom is 0.211 e. The number of halogens is 3. The quantitative estimate of drug-likeness (QED) is 0.468. The van der Waals surface area contributed by atoms with E-state index in [0.29, 0.717) is 12.3 Å². The predicted octanol–water partition coefficient (Wildman–Crippen LogP) is 0.720. The maximum absolute atomic E-state index is 13.5. The number of benzene rings is 1. The summed E-state index contributed by atoms with van der Waals surface area (Å²) in [5.41, 5.74) is 9.31. The zero-order valence-electron chi connectivity index (χ0n) is 8.75. The Balaban J connectivity index is 3.24. The zero-order valence-corrected chi connectivity index (χ0v) is 8.75. The maximum atomic E-state index is 13.5. The molecule has 0 saturated heterocycles. The lowest BCUT2D eigenvalue weighted by Gasteiger charge is -2.06. The monoisotopic (exact) mass is 246 g/mol. The molecule has 1 rings (SSSR count). The van der Waals surface area contributed by atoms with Gasteiger partial charge >= 0.3 is 0 Å². The molecule has 0 aromatic heterocycles. The molecule has 1 aromatic rings. The first-order valence-corrected chi connectivity index (χ1v) is 4.30. The number of rotatable bonds is 3. The van der Waals surface area contributed by atoms with Crippen LogP contribution in [0.3, 0.4) is 0 Å². The van der Waals surface area contributed by atoms with Crippen molar-refractivity contribution in [2.75, 3.05) is 7.11 Å². The summed E-state index contributed by atoms with van der Waals surface area (Å²) >= 11 is 0. The normalized spacial score (nSPS) is 10.6. The molecule has 0 aliphatic carbocycles. The highest BCUT2D eigenvalue weighted by Crippen LogP contribution is 2.25. The Morgan fingerprint density at radius 1 is 1.29 bits per heavy atom. The van der Waals surface area contributed by atoms with E-state index in [1.165, 1.54) is 0 Å². The lowest BCUT2D eigenvalue weighted by atomic mass is 10.2. The number of hydrogen-bond acceptors (Lipinski definition) is 3. The molecule has 0 aliphatic rings. The van der Waals surface area contributed by atoms with Gasteiger partial charge in [0.1, 0.15) is 5.82 Å². The molecule has 0 amide bonds. The van der Waals surface area contributed by atoms with Crippen LogP contribution in [-0.4, -0.2) is 19.3 Å². The van der Waals surface area contributed by atoms with Gasteiger partial charge < -0.3 is 16.2 Å². The Kier molecular flexibility index (Phi) is 3.91. The van der Waals surface area contributed by atoms with Gasteiger partial charge in [-0.3, -0.25) is 0 Å². The van der Waals surface area contributed by atoms with Gasteiger partial charge in [-0.1, -0.05) is 0 Å². The molecule has 0 saturated carbocycles. The van der Waals surface area contributed by atoms with Gasteiger partial charge in [-0.25, -0.2) is 13.2 Å². The van der Waals surface area contributed by atoms with Gasteiger partial charge in [0.25, 0.3) is 0 Å². The van der Waals surface area contributed by atoms with Crippen molar-refractivity contribution < 1.29 is 17.9 Å². The standard InChI is InChI=1S/C9H9F3N4O/c1-17-8-6(11)2-5(10)4(7(8)12)3-15-16-9(13)14/h2-3H,1H3,(H4,13,14,16). The number of nitrogens with zero attached hydrogens (tertiary/aromatic N) is 2. The van der Waals surface area contributed by atoms with E-state index >= 15 is 0 Å². The van der Waals surface area contributed by atoms with Crippen molar-refractivity contribution in [3.8, 4) is 5.75 Å². The van der Waals surface area contributed by atoms with Crippen LogP contribution in [0.4, 0.5) is 13.2 Å². The summed E-state index contributed by atoms with van der Waals surface area (Å²) in [7, 11) is 1.05. The lowest BCUT2D eigenvalue weighted by molar-refractivity contribution is 0.355. The van der Waals surface area contributed by atoms with Gasteiger partial charge in [-0.2, -0.15) is 5.10 Å². The topological polar surface area (TPSA) is 86.0 Å². The molecule has 1 aromatic carbocycles. The van der Waals surface area contributed by atoms with E-state index in [1.807, 2.05) is 0 Å². The van der Waals surface area contributed by atoms with Crippen LogP contribution in [0.5, 0.6) is 5.75 Å². The second kappa shape index (κ2) is 5.19. The predicted molar refractivity (Wildman–Crippen MR) is 56.3 cm³/mol. The fraction of sp³-hybridized carbons (Fsp3) is 0.111. The molecule has 8 heteroatoms. The minimum absolute atomic E-state index is 0.379. The van der Waals surface area contributed by atoms with E-state index in [4.69, 9.17) is 11.5 Å². The summed E-state index contributed by atoms with van der Waals surface area (Å²) in [6, 6.07) is 0.471. The van der Waals surface area contributed by atoms with Crippen molar-refractivity contribution in [3.63, 3.8) is 0 Å². The molecule has 0 aliphatic heterocycles. The molecule has 0 heterocycles. The third-order valence-corrected chi connectivity index (χ3v) is 1.73. The number of methoxy groups -OCH3 is 1. The molecular formula is C9H9F3N4O. The molecule has 0 radical (unpaired) electrons. The summed E-state index contributed by atoms with van der Waals surface area (Å²) in [6.07, 6.45) is 0.715. The van der Waals surface area contributed by atoms with Gasteiger partial charge in [-0.15, -0.1) is 5.10 Å². The Bertz CT molecular complexity index is 484. The summed E-state index contributed by atoms with van der Waals surface area (Å²) < 4.78 is 44.2. The average Bonchev–Trinajstić information content (AvgIpc) is 2.22. The van der Waals surface area contributed by atoms with Crippen molar-refractivity contribution in [1.82, 2.24) is 0 Å². The van der Waals surface area contributed by atoms with E-state index in [9.17, 15) is 13.2 Å². The van der Waals surface area contributed by atoms with E-state index < -0.39 is 28.8 Å². The van der Waals surface area contributed by atoms with E-state index in [-0.39, 0.29) is 5.96 Å². The van der Waals surface area contributed by atoms with Crippen LogP contribution in [0.25, 0.3) is 0 Å². The van der Waals surface area contributed by atoms with E-state index in [2.05, 4.69) is 14.9 Å². The van der Waals surface area contributed by atoms with Crippen LogP contribution in [0, 0.1) is 17.5 Å². The molecule has 4 N–H and O–H groups in total. The van der Waals surface area contributed by atoms with Gasteiger partial charge in [0.05, 0.1) is 18.9 Å². The highest BCUT2D eigenvalue weighted by molar-refractivity contribution is 5.82. The minimum Gasteiger partial charge on any atom is -0.491 e. The second-order valence-electron chi connectivity index (χ2n) is 2.87. The third kappa shape index (κ3) is 2.86. The molecule has 92 valence electrons. The molecule has 5 nitrogen and oxygen atoms in total. The number of ether oxygens (including phenoxy) is 1. The van der Waals surface area contributed by atoms with Gasteiger partial charge in [-0.05, 0) is 0 Å². The van der Waals surface area contributed by atoms with Gasteiger partial charge in [0, 0.05) is 6.07 Å². The smallest absolute Gasteiger partial charge is 0.211 e. The van der Waals surface area contributed by atoms with Crippen molar-refractivity contribution in [2.45, 2.75) is 0 Å². The van der Waals surface area contributed by atoms with Crippen LogP contribution < -0.4 is 16.2 Å².